The van der Waals surface area contributed by atoms with E-state index in [1.54, 1.807) is 0 Å². The van der Waals surface area contributed by atoms with Gasteiger partial charge in [-0.2, -0.15) is 13.1 Å². The molecule has 1 aliphatic rings. The standard InChI is InChI=1S/C10H11ClN2O4S/c11-8-5-6(10(14)15)1-4-9(8)13-18(16,17)12-7-2-3-7/h1,4-5,7,12-13H,2-3H2,(H,14,15). The summed E-state index contributed by atoms with van der Waals surface area (Å²) >= 11 is 5.81. The second kappa shape index (κ2) is 4.75. The third-order valence-electron chi connectivity index (χ3n) is 2.36. The minimum atomic E-state index is -3.66. The summed E-state index contributed by atoms with van der Waals surface area (Å²) in [6, 6.07) is 3.78. The first kappa shape index (κ1) is 13.1. The molecule has 0 atom stereocenters. The summed E-state index contributed by atoms with van der Waals surface area (Å²) in [5.74, 6) is -1.12. The molecule has 0 heterocycles. The van der Waals surface area contributed by atoms with E-state index in [2.05, 4.69) is 9.44 Å². The Bertz CT molecular complexity index is 584. The van der Waals surface area contributed by atoms with E-state index in [1.807, 2.05) is 0 Å². The third kappa shape index (κ3) is 3.34. The lowest BCUT2D eigenvalue weighted by molar-refractivity contribution is 0.0697. The zero-order chi connectivity index (χ0) is 13.3. The molecule has 0 aromatic heterocycles. The SMILES string of the molecule is O=C(O)c1ccc(NS(=O)(=O)NC2CC2)c(Cl)c1. The maximum atomic E-state index is 11.6. The number of nitrogens with one attached hydrogen (secondary N) is 2. The Hall–Kier alpha value is -1.31. The number of hydrogen-bond donors (Lipinski definition) is 3. The first-order chi connectivity index (χ1) is 8.37. The van der Waals surface area contributed by atoms with Crippen molar-refractivity contribution in [3.05, 3.63) is 28.8 Å². The van der Waals surface area contributed by atoms with Crippen molar-refractivity contribution in [2.75, 3.05) is 4.72 Å². The average Bonchev–Trinajstić information content (AvgIpc) is 3.03. The Labute approximate surface area is 109 Å². The molecule has 18 heavy (non-hydrogen) atoms. The van der Waals surface area contributed by atoms with Crippen molar-refractivity contribution < 1.29 is 18.3 Å². The van der Waals surface area contributed by atoms with Gasteiger partial charge >= 0.3 is 5.97 Å². The van der Waals surface area contributed by atoms with Crippen LogP contribution >= 0.6 is 11.6 Å². The van der Waals surface area contributed by atoms with Gasteiger partial charge in [0.2, 0.25) is 0 Å². The van der Waals surface area contributed by atoms with E-state index < -0.39 is 16.2 Å². The van der Waals surface area contributed by atoms with Crippen LogP contribution in [0.15, 0.2) is 18.2 Å². The van der Waals surface area contributed by atoms with Crippen molar-refractivity contribution >= 4 is 33.5 Å². The van der Waals surface area contributed by atoms with Crippen molar-refractivity contribution in [3.63, 3.8) is 0 Å². The molecule has 0 saturated heterocycles. The van der Waals surface area contributed by atoms with Crippen LogP contribution in [0.1, 0.15) is 23.2 Å². The highest BCUT2D eigenvalue weighted by molar-refractivity contribution is 7.90. The normalized spacial score (nSPS) is 15.4. The van der Waals surface area contributed by atoms with Crippen LogP contribution in [0, 0.1) is 0 Å². The molecule has 1 aromatic carbocycles. The fraction of sp³-hybridized carbons (Fsp3) is 0.300. The van der Waals surface area contributed by atoms with E-state index in [4.69, 9.17) is 16.7 Å². The maximum absolute atomic E-state index is 11.6. The van der Waals surface area contributed by atoms with E-state index in [0.29, 0.717) is 0 Å². The van der Waals surface area contributed by atoms with Crippen molar-refractivity contribution in [1.29, 1.82) is 0 Å². The van der Waals surface area contributed by atoms with Gasteiger partial charge in [-0.15, -0.1) is 0 Å². The molecular formula is C10H11ClN2O4S. The van der Waals surface area contributed by atoms with Gasteiger partial charge in [-0.25, -0.2) is 4.79 Å². The van der Waals surface area contributed by atoms with Crippen LogP contribution in [0.5, 0.6) is 0 Å². The minimum absolute atomic E-state index is 0.00176. The Kier molecular flexibility index (Phi) is 3.47. The molecular weight excluding hydrogens is 280 g/mol. The van der Waals surface area contributed by atoms with E-state index in [-0.39, 0.29) is 22.3 Å². The second-order valence-electron chi connectivity index (χ2n) is 4.00. The highest BCUT2D eigenvalue weighted by Crippen LogP contribution is 2.25. The highest BCUT2D eigenvalue weighted by atomic mass is 35.5. The molecule has 1 fully saturated rings. The number of aromatic carboxylic acids is 1. The molecule has 0 spiro atoms. The largest absolute Gasteiger partial charge is 0.478 e. The zero-order valence-corrected chi connectivity index (χ0v) is 10.8. The summed E-state index contributed by atoms with van der Waals surface area (Å²) in [6.45, 7) is 0. The van der Waals surface area contributed by atoms with Gasteiger partial charge in [0.1, 0.15) is 0 Å². The van der Waals surface area contributed by atoms with Gasteiger partial charge < -0.3 is 5.11 Å². The molecule has 1 aliphatic carbocycles. The Balaban J connectivity index is 2.16. The van der Waals surface area contributed by atoms with Crippen LogP contribution in [0.4, 0.5) is 5.69 Å². The number of carboxylic acid groups (broad SMARTS) is 1. The smallest absolute Gasteiger partial charge is 0.335 e. The minimum Gasteiger partial charge on any atom is -0.478 e. The average molecular weight is 291 g/mol. The van der Waals surface area contributed by atoms with Crippen LogP contribution in [-0.2, 0) is 10.2 Å². The fourth-order valence-corrected chi connectivity index (χ4v) is 2.81. The van der Waals surface area contributed by atoms with Crippen LogP contribution in [0.3, 0.4) is 0 Å². The van der Waals surface area contributed by atoms with E-state index in [0.717, 1.165) is 12.8 Å². The highest BCUT2D eigenvalue weighted by Gasteiger charge is 2.27. The zero-order valence-electron chi connectivity index (χ0n) is 9.18. The van der Waals surface area contributed by atoms with Crippen LogP contribution in [-0.4, -0.2) is 25.5 Å². The number of carboxylic acids is 1. The van der Waals surface area contributed by atoms with Gasteiger partial charge in [-0.05, 0) is 31.0 Å². The number of rotatable bonds is 5. The van der Waals surface area contributed by atoms with Gasteiger partial charge in [-0.1, -0.05) is 11.6 Å². The van der Waals surface area contributed by atoms with Crippen molar-refractivity contribution in [1.82, 2.24) is 4.72 Å². The Morgan fingerprint density at radius 3 is 2.56 bits per heavy atom. The topological polar surface area (TPSA) is 95.5 Å². The fourth-order valence-electron chi connectivity index (χ4n) is 1.33. The second-order valence-corrected chi connectivity index (χ2v) is 5.85. The van der Waals surface area contributed by atoms with Gasteiger partial charge in [0, 0.05) is 6.04 Å². The lowest BCUT2D eigenvalue weighted by Gasteiger charge is -2.10. The molecule has 1 aromatic rings. The number of carbonyl (C=O) groups is 1. The van der Waals surface area contributed by atoms with Gasteiger partial charge in [-0.3, -0.25) is 4.72 Å². The number of anilines is 1. The molecule has 1 saturated carbocycles. The molecule has 3 N–H and O–H groups in total. The van der Waals surface area contributed by atoms with Crippen LogP contribution in [0.25, 0.3) is 0 Å². The molecule has 98 valence electrons. The molecule has 0 aliphatic heterocycles. The summed E-state index contributed by atoms with van der Waals surface area (Å²) in [4.78, 5) is 10.7. The third-order valence-corrected chi connectivity index (χ3v) is 3.80. The molecule has 8 heteroatoms. The summed E-state index contributed by atoms with van der Waals surface area (Å²) in [5.41, 5.74) is 0.146. The van der Waals surface area contributed by atoms with E-state index in [9.17, 15) is 13.2 Å². The van der Waals surface area contributed by atoms with Gasteiger partial charge in [0.15, 0.2) is 0 Å². The summed E-state index contributed by atoms with van der Waals surface area (Å²) in [5, 5.41) is 8.79. The summed E-state index contributed by atoms with van der Waals surface area (Å²) < 4.78 is 27.9. The Morgan fingerprint density at radius 2 is 2.06 bits per heavy atom. The molecule has 2 rings (SSSR count). The molecule has 0 bridgehead atoms. The monoisotopic (exact) mass is 290 g/mol. The predicted molar refractivity (Wildman–Crippen MR) is 67.1 cm³/mol. The summed E-state index contributed by atoms with van der Waals surface area (Å²) in [6.07, 6.45) is 1.65. The molecule has 0 radical (unpaired) electrons. The quantitative estimate of drug-likeness (QED) is 0.765. The van der Waals surface area contributed by atoms with Crippen LogP contribution < -0.4 is 9.44 Å². The van der Waals surface area contributed by atoms with Crippen LogP contribution in [0.2, 0.25) is 5.02 Å². The first-order valence-electron chi connectivity index (χ1n) is 5.20. The lowest BCUT2D eigenvalue weighted by Crippen LogP contribution is -2.31. The molecule has 0 unspecified atom stereocenters. The Morgan fingerprint density at radius 1 is 1.39 bits per heavy atom. The van der Waals surface area contributed by atoms with Crippen molar-refractivity contribution in [2.24, 2.45) is 0 Å². The van der Waals surface area contributed by atoms with E-state index >= 15 is 0 Å². The van der Waals surface area contributed by atoms with Gasteiger partial charge in [0.25, 0.3) is 10.2 Å². The number of halogens is 1. The summed E-state index contributed by atoms with van der Waals surface area (Å²) in [7, 11) is -3.66. The predicted octanol–water partition coefficient (Wildman–Crippen LogP) is 1.45. The maximum Gasteiger partial charge on any atom is 0.335 e. The lowest BCUT2D eigenvalue weighted by atomic mass is 10.2. The van der Waals surface area contributed by atoms with Crippen molar-refractivity contribution in [2.45, 2.75) is 18.9 Å². The first-order valence-corrected chi connectivity index (χ1v) is 7.06. The molecule has 0 amide bonds. The van der Waals surface area contributed by atoms with E-state index in [1.165, 1.54) is 18.2 Å². The van der Waals surface area contributed by atoms with Gasteiger partial charge in [0.05, 0.1) is 16.3 Å². The molecule has 6 nitrogen and oxygen atoms in total. The number of hydrogen-bond acceptors (Lipinski definition) is 3. The van der Waals surface area contributed by atoms with Crippen molar-refractivity contribution in [3.8, 4) is 0 Å². The number of benzene rings is 1.